The zero-order valence-corrected chi connectivity index (χ0v) is 8.04. The van der Waals surface area contributed by atoms with E-state index in [2.05, 4.69) is 0 Å². The van der Waals surface area contributed by atoms with Crippen LogP contribution in [0.25, 0.3) is 0 Å². The van der Waals surface area contributed by atoms with Gasteiger partial charge in [0.25, 0.3) is 5.91 Å². The number of rotatable bonds is 1. The van der Waals surface area contributed by atoms with Gasteiger partial charge in [0, 0.05) is 12.6 Å². The summed E-state index contributed by atoms with van der Waals surface area (Å²) in [7, 11) is 0. The molecule has 1 aromatic heterocycles. The van der Waals surface area contributed by atoms with Crippen LogP contribution in [-0.4, -0.2) is 23.4 Å². The lowest BCUT2D eigenvalue weighted by Gasteiger charge is -2.37. The van der Waals surface area contributed by atoms with E-state index in [1.807, 2.05) is 6.92 Å². The van der Waals surface area contributed by atoms with Crippen molar-refractivity contribution < 1.29 is 9.21 Å². The van der Waals surface area contributed by atoms with Gasteiger partial charge in [0.1, 0.15) is 0 Å². The first-order chi connectivity index (χ1) is 6.18. The lowest BCUT2D eigenvalue weighted by atomic mass is 10.1. The highest BCUT2D eigenvalue weighted by Gasteiger charge is 2.30. The van der Waals surface area contributed by atoms with E-state index >= 15 is 0 Å². The fourth-order valence-electron chi connectivity index (χ4n) is 1.39. The highest BCUT2D eigenvalue weighted by Crippen LogP contribution is 2.22. The van der Waals surface area contributed by atoms with Crippen molar-refractivity contribution in [2.24, 2.45) is 0 Å². The van der Waals surface area contributed by atoms with Crippen LogP contribution in [0.2, 0.25) is 5.22 Å². The van der Waals surface area contributed by atoms with E-state index in [9.17, 15) is 4.79 Å². The van der Waals surface area contributed by atoms with Gasteiger partial charge in [0.15, 0.2) is 11.0 Å². The summed E-state index contributed by atoms with van der Waals surface area (Å²) in [6, 6.07) is 3.52. The Hall–Kier alpha value is -0.960. The van der Waals surface area contributed by atoms with Crippen molar-refractivity contribution in [1.82, 2.24) is 4.90 Å². The average molecular weight is 200 g/mol. The fraction of sp³-hybridized carbons (Fsp3) is 0.444. The molecule has 0 N–H and O–H groups in total. The number of hydrogen-bond acceptors (Lipinski definition) is 2. The summed E-state index contributed by atoms with van der Waals surface area (Å²) in [6.07, 6.45) is 1.07. The van der Waals surface area contributed by atoms with Crippen molar-refractivity contribution in [3.8, 4) is 0 Å². The number of carbonyl (C=O) groups excluding carboxylic acids is 1. The molecular weight excluding hydrogens is 190 g/mol. The average Bonchev–Trinajstić information content (AvgIpc) is 2.49. The van der Waals surface area contributed by atoms with Crippen LogP contribution < -0.4 is 0 Å². The molecule has 2 heterocycles. The maximum absolute atomic E-state index is 11.6. The first-order valence-electron chi connectivity index (χ1n) is 4.25. The summed E-state index contributed by atoms with van der Waals surface area (Å²) in [4.78, 5) is 13.4. The third-order valence-corrected chi connectivity index (χ3v) is 2.57. The molecule has 13 heavy (non-hydrogen) atoms. The minimum absolute atomic E-state index is 0.0642. The molecule has 0 saturated carbocycles. The van der Waals surface area contributed by atoms with Gasteiger partial charge in [-0.25, -0.2) is 0 Å². The maximum atomic E-state index is 11.6. The third kappa shape index (κ3) is 1.44. The summed E-state index contributed by atoms with van der Waals surface area (Å²) in [5.41, 5.74) is 0. The van der Waals surface area contributed by atoms with Gasteiger partial charge in [-0.1, -0.05) is 0 Å². The Morgan fingerprint density at radius 2 is 2.46 bits per heavy atom. The SMILES string of the molecule is CC1CCN1C(=O)c1ccc(Cl)o1. The first-order valence-corrected chi connectivity index (χ1v) is 4.62. The highest BCUT2D eigenvalue weighted by molar-refractivity contribution is 6.29. The van der Waals surface area contributed by atoms with Gasteiger partial charge in [-0.05, 0) is 37.1 Å². The van der Waals surface area contributed by atoms with Gasteiger partial charge < -0.3 is 9.32 Å². The number of furan rings is 1. The lowest BCUT2D eigenvalue weighted by Crippen LogP contribution is -2.49. The van der Waals surface area contributed by atoms with Gasteiger partial charge >= 0.3 is 0 Å². The molecule has 0 aliphatic carbocycles. The Morgan fingerprint density at radius 1 is 1.69 bits per heavy atom. The first kappa shape index (κ1) is 8.63. The van der Waals surface area contributed by atoms with Crippen LogP contribution in [-0.2, 0) is 0 Å². The van der Waals surface area contributed by atoms with Crippen molar-refractivity contribution in [2.75, 3.05) is 6.54 Å². The predicted molar refractivity (Wildman–Crippen MR) is 48.8 cm³/mol. The zero-order valence-electron chi connectivity index (χ0n) is 7.29. The Bertz CT molecular complexity index is 334. The van der Waals surface area contributed by atoms with Gasteiger partial charge in [-0.2, -0.15) is 0 Å². The molecule has 0 spiro atoms. The molecule has 1 fully saturated rings. The van der Waals surface area contributed by atoms with Crippen LogP contribution in [0.4, 0.5) is 0 Å². The zero-order chi connectivity index (χ0) is 9.42. The highest BCUT2D eigenvalue weighted by atomic mass is 35.5. The molecule has 1 saturated heterocycles. The second-order valence-electron chi connectivity index (χ2n) is 3.24. The molecule has 70 valence electrons. The van der Waals surface area contributed by atoms with Crippen LogP contribution in [0.3, 0.4) is 0 Å². The molecule has 1 aliphatic heterocycles. The van der Waals surface area contributed by atoms with Gasteiger partial charge in [0.2, 0.25) is 0 Å². The third-order valence-electron chi connectivity index (χ3n) is 2.36. The minimum Gasteiger partial charge on any atom is -0.440 e. The number of hydrogen-bond donors (Lipinski definition) is 0. The standard InChI is InChI=1S/C9H10ClNO2/c1-6-4-5-11(6)9(12)7-2-3-8(10)13-7/h2-3,6H,4-5H2,1H3. The largest absolute Gasteiger partial charge is 0.440 e. The van der Waals surface area contributed by atoms with Crippen molar-refractivity contribution >= 4 is 17.5 Å². The summed E-state index contributed by atoms with van der Waals surface area (Å²) in [5.74, 6) is 0.266. The lowest BCUT2D eigenvalue weighted by molar-refractivity contribution is 0.0469. The van der Waals surface area contributed by atoms with Crippen LogP contribution in [0.1, 0.15) is 23.9 Å². The second kappa shape index (κ2) is 3.07. The van der Waals surface area contributed by atoms with E-state index in [-0.39, 0.29) is 11.1 Å². The van der Waals surface area contributed by atoms with Crippen LogP contribution in [0.5, 0.6) is 0 Å². The molecule has 1 atom stereocenters. The Kier molecular flexibility index (Phi) is 2.04. The van der Waals surface area contributed by atoms with Crippen molar-refractivity contribution in [3.63, 3.8) is 0 Å². The molecule has 3 nitrogen and oxygen atoms in total. The molecule has 2 rings (SSSR count). The quantitative estimate of drug-likeness (QED) is 0.695. The molecule has 1 unspecified atom stereocenters. The maximum Gasteiger partial charge on any atom is 0.289 e. The Balaban J connectivity index is 2.13. The number of amides is 1. The normalized spacial score (nSPS) is 21.4. The van der Waals surface area contributed by atoms with Crippen LogP contribution >= 0.6 is 11.6 Å². The molecule has 1 aromatic rings. The molecule has 4 heteroatoms. The van der Waals surface area contributed by atoms with Gasteiger partial charge in [-0.15, -0.1) is 0 Å². The molecular formula is C9H10ClNO2. The van der Waals surface area contributed by atoms with Crippen molar-refractivity contribution in [2.45, 2.75) is 19.4 Å². The van der Waals surface area contributed by atoms with Crippen molar-refractivity contribution in [1.29, 1.82) is 0 Å². The van der Waals surface area contributed by atoms with Crippen LogP contribution in [0.15, 0.2) is 16.5 Å². The van der Waals surface area contributed by atoms with E-state index < -0.39 is 0 Å². The Labute approximate surface area is 81.3 Å². The summed E-state index contributed by atoms with van der Waals surface area (Å²) < 4.78 is 5.02. The summed E-state index contributed by atoms with van der Waals surface area (Å²) in [5, 5.41) is 0.261. The molecule has 1 amide bonds. The predicted octanol–water partition coefficient (Wildman–Crippen LogP) is 2.17. The topological polar surface area (TPSA) is 33.5 Å². The van der Waals surface area contributed by atoms with E-state index in [0.717, 1.165) is 13.0 Å². The molecule has 0 bridgehead atoms. The Morgan fingerprint density at radius 3 is 2.85 bits per heavy atom. The molecule has 0 aromatic carbocycles. The smallest absolute Gasteiger partial charge is 0.289 e. The van der Waals surface area contributed by atoms with E-state index in [4.69, 9.17) is 16.0 Å². The summed E-state index contributed by atoms with van der Waals surface area (Å²) in [6.45, 7) is 2.84. The van der Waals surface area contributed by atoms with Crippen molar-refractivity contribution in [3.05, 3.63) is 23.1 Å². The molecule has 0 radical (unpaired) electrons. The monoisotopic (exact) mass is 199 g/mol. The van der Waals surface area contributed by atoms with E-state index in [0.29, 0.717) is 11.8 Å². The number of nitrogens with zero attached hydrogens (tertiary/aromatic N) is 1. The minimum atomic E-state index is -0.0642. The summed E-state index contributed by atoms with van der Waals surface area (Å²) >= 11 is 5.57. The fourth-order valence-corrected chi connectivity index (χ4v) is 1.53. The van der Waals surface area contributed by atoms with E-state index in [1.165, 1.54) is 0 Å². The van der Waals surface area contributed by atoms with Crippen LogP contribution in [0, 0.1) is 0 Å². The number of carbonyl (C=O) groups is 1. The second-order valence-corrected chi connectivity index (χ2v) is 3.61. The van der Waals surface area contributed by atoms with Gasteiger partial charge in [0.05, 0.1) is 0 Å². The number of halogens is 1. The number of likely N-dealkylation sites (tertiary alicyclic amines) is 1. The van der Waals surface area contributed by atoms with E-state index in [1.54, 1.807) is 17.0 Å². The molecule has 1 aliphatic rings. The van der Waals surface area contributed by atoms with Gasteiger partial charge in [-0.3, -0.25) is 4.79 Å².